The maximum Gasteiger partial charge on any atom is 0.260 e. The summed E-state index contributed by atoms with van der Waals surface area (Å²) in [7, 11) is 2.10. The molecule has 2 aromatic rings. The molecule has 1 saturated heterocycles. The molecular weight excluding hydrogens is 308 g/mol. The molecule has 0 aliphatic carbocycles. The average molecular weight is 323 g/mol. The van der Waals surface area contributed by atoms with Crippen LogP contribution < -0.4 is 10.5 Å². The fourth-order valence-electron chi connectivity index (χ4n) is 2.27. The maximum absolute atomic E-state index is 12.1. The van der Waals surface area contributed by atoms with Crippen molar-refractivity contribution in [2.75, 3.05) is 38.1 Å². The molecule has 0 saturated carbocycles. The Labute approximate surface area is 119 Å². The van der Waals surface area contributed by atoms with Crippen LogP contribution in [0.25, 0.3) is 10.9 Å². The first kappa shape index (κ1) is 12.6. The SMILES string of the molecule is CN1CCN(c2nc3ccc(Br)cc3c(=O)[nH]2)CC1. The minimum atomic E-state index is -0.0831. The first-order valence-corrected chi connectivity index (χ1v) is 7.06. The highest BCUT2D eigenvalue weighted by Gasteiger charge is 2.16. The average Bonchev–Trinajstić information content (AvgIpc) is 2.40. The highest BCUT2D eigenvalue weighted by Crippen LogP contribution is 2.17. The van der Waals surface area contributed by atoms with Gasteiger partial charge in [-0.25, -0.2) is 4.98 Å². The van der Waals surface area contributed by atoms with Gasteiger partial charge in [0.1, 0.15) is 0 Å². The van der Waals surface area contributed by atoms with E-state index in [1.54, 1.807) is 6.07 Å². The molecular formula is C13H15BrN4O. The number of piperazine rings is 1. The van der Waals surface area contributed by atoms with Gasteiger partial charge in [0.2, 0.25) is 5.95 Å². The van der Waals surface area contributed by atoms with Gasteiger partial charge < -0.3 is 9.80 Å². The summed E-state index contributed by atoms with van der Waals surface area (Å²) in [5.41, 5.74) is 0.654. The number of anilines is 1. The van der Waals surface area contributed by atoms with Crippen molar-refractivity contribution in [2.24, 2.45) is 0 Å². The van der Waals surface area contributed by atoms with Crippen LogP contribution in [0.3, 0.4) is 0 Å². The number of hydrogen-bond acceptors (Lipinski definition) is 4. The van der Waals surface area contributed by atoms with Crippen molar-refractivity contribution in [1.29, 1.82) is 0 Å². The quantitative estimate of drug-likeness (QED) is 0.863. The van der Waals surface area contributed by atoms with E-state index in [0.29, 0.717) is 11.3 Å². The fraction of sp³-hybridized carbons (Fsp3) is 0.385. The van der Waals surface area contributed by atoms with Crippen LogP contribution in [0.2, 0.25) is 0 Å². The molecule has 0 unspecified atom stereocenters. The predicted octanol–water partition coefficient (Wildman–Crippen LogP) is 1.44. The molecule has 0 amide bonds. The first-order valence-electron chi connectivity index (χ1n) is 6.26. The lowest BCUT2D eigenvalue weighted by atomic mass is 10.2. The normalized spacial score (nSPS) is 17.1. The molecule has 2 heterocycles. The standard InChI is InChI=1S/C13H15BrN4O/c1-17-4-6-18(7-5-17)13-15-11-3-2-9(14)8-10(11)12(19)16-13/h2-3,8H,4-7H2,1H3,(H,15,16,19). The Morgan fingerprint density at radius 2 is 2.00 bits per heavy atom. The Hall–Kier alpha value is -1.40. The van der Waals surface area contributed by atoms with Crippen molar-refractivity contribution in [1.82, 2.24) is 14.9 Å². The Kier molecular flexibility index (Phi) is 3.28. The fourth-order valence-corrected chi connectivity index (χ4v) is 2.63. The molecule has 1 aromatic heterocycles. The van der Waals surface area contributed by atoms with E-state index in [4.69, 9.17) is 0 Å². The largest absolute Gasteiger partial charge is 0.340 e. The second-order valence-electron chi connectivity index (χ2n) is 4.84. The van der Waals surface area contributed by atoms with Crippen LogP contribution in [-0.2, 0) is 0 Å². The number of halogens is 1. The molecule has 100 valence electrons. The Balaban J connectivity index is 2.01. The van der Waals surface area contributed by atoms with Gasteiger partial charge in [-0.15, -0.1) is 0 Å². The molecule has 1 fully saturated rings. The number of benzene rings is 1. The topological polar surface area (TPSA) is 52.2 Å². The van der Waals surface area contributed by atoms with Crippen molar-refractivity contribution >= 4 is 32.8 Å². The molecule has 5 nitrogen and oxygen atoms in total. The zero-order chi connectivity index (χ0) is 13.4. The number of aromatic amines is 1. The third-order valence-electron chi connectivity index (χ3n) is 3.46. The molecule has 0 bridgehead atoms. The maximum atomic E-state index is 12.1. The number of rotatable bonds is 1. The molecule has 1 N–H and O–H groups in total. The van der Waals surface area contributed by atoms with Crippen LogP contribution in [-0.4, -0.2) is 48.1 Å². The molecule has 1 aliphatic heterocycles. The van der Waals surface area contributed by atoms with Crippen molar-refractivity contribution in [2.45, 2.75) is 0 Å². The molecule has 6 heteroatoms. The van der Waals surface area contributed by atoms with Crippen LogP contribution in [0, 0.1) is 0 Å². The third-order valence-corrected chi connectivity index (χ3v) is 3.95. The van der Waals surface area contributed by atoms with Crippen molar-refractivity contribution < 1.29 is 0 Å². The van der Waals surface area contributed by atoms with Gasteiger partial charge in [0.25, 0.3) is 5.56 Å². The monoisotopic (exact) mass is 322 g/mol. The highest BCUT2D eigenvalue weighted by molar-refractivity contribution is 9.10. The lowest BCUT2D eigenvalue weighted by Crippen LogP contribution is -2.45. The van der Waals surface area contributed by atoms with Gasteiger partial charge in [-0.2, -0.15) is 0 Å². The summed E-state index contributed by atoms with van der Waals surface area (Å²) in [4.78, 5) is 23.9. The van der Waals surface area contributed by atoms with Gasteiger partial charge in [-0.1, -0.05) is 15.9 Å². The van der Waals surface area contributed by atoms with E-state index >= 15 is 0 Å². The van der Waals surface area contributed by atoms with Crippen LogP contribution >= 0.6 is 15.9 Å². The second kappa shape index (κ2) is 4.94. The van der Waals surface area contributed by atoms with E-state index in [1.807, 2.05) is 12.1 Å². The van der Waals surface area contributed by atoms with E-state index in [9.17, 15) is 4.79 Å². The van der Waals surface area contributed by atoms with Gasteiger partial charge in [0.15, 0.2) is 0 Å². The number of fused-ring (bicyclic) bond motifs is 1. The van der Waals surface area contributed by atoms with Crippen molar-refractivity contribution in [3.05, 3.63) is 33.0 Å². The molecule has 0 atom stereocenters. The second-order valence-corrected chi connectivity index (χ2v) is 5.76. The molecule has 3 rings (SSSR count). The summed E-state index contributed by atoms with van der Waals surface area (Å²) in [6.45, 7) is 3.76. The van der Waals surface area contributed by atoms with E-state index < -0.39 is 0 Å². The van der Waals surface area contributed by atoms with E-state index in [-0.39, 0.29) is 5.56 Å². The minimum absolute atomic E-state index is 0.0831. The zero-order valence-electron chi connectivity index (χ0n) is 10.7. The summed E-state index contributed by atoms with van der Waals surface area (Å²) in [6.07, 6.45) is 0. The molecule has 0 spiro atoms. The van der Waals surface area contributed by atoms with Gasteiger partial charge >= 0.3 is 0 Å². The number of nitrogens with zero attached hydrogens (tertiary/aromatic N) is 3. The smallest absolute Gasteiger partial charge is 0.260 e. The van der Waals surface area contributed by atoms with E-state index in [2.05, 4.69) is 42.7 Å². The van der Waals surface area contributed by atoms with Gasteiger partial charge in [0.05, 0.1) is 10.9 Å². The van der Waals surface area contributed by atoms with E-state index in [0.717, 1.165) is 36.2 Å². The minimum Gasteiger partial charge on any atom is -0.340 e. The third kappa shape index (κ3) is 2.50. The number of hydrogen-bond donors (Lipinski definition) is 1. The van der Waals surface area contributed by atoms with E-state index in [1.165, 1.54) is 0 Å². The summed E-state index contributed by atoms with van der Waals surface area (Å²) in [5, 5.41) is 0.618. The van der Waals surface area contributed by atoms with Gasteiger partial charge in [0, 0.05) is 30.7 Å². The predicted molar refractivity (Wildman–Crippen MR) is 79.8 cm³/mol. The summed E-state index contributed by atoms with van der Waals surface area (Å²) < 4.78 is 0.889. The van der Waals surface area contributed by atoms with Crippen molar-refractivity contribution in [3.63, 3.8) is 0 Å². The van der Waals surface area contributed by atoms with Crippen LogP contribution in [0.4, 0.5) is 5.95 Å². The molecule has 19 heavy (non-hydrogen) atoms. The summed E-state index contributed by atoms with van der Waals surface area (Å²) >= 11 is 3.37. The van der Waals surface area contributed by atoms with Crippen molar-refractivity contribution in [3.8, 4) is 0 Å². The van der Waals surface area contributed by atoms with Gasteiger partial charge in [-0.05, 0) is 25.2 Å². The molecule has 1 aliphatic rings. The Morgan fingerprint density at radius 1 is 1.26 bits per heavy atom. The Bertz CT molecular complexity index is 661. The van der Waals surface area contributed by atoms with Crippen LogP contribution in [0.1, 0.15) is 0 Å². The highest BCUT2D eigenvalue weighted by atomic mass is 79.9. The molecule has 1 aromatic carbocycles. The van der Waals surface area contributed by atoms with Crippen LogP contribution in [0.5, 0.6) is 0 Å². The number of nitrogens with one attached hydrogen (secondary N) is 1. The molecule has 0 radical (unpaired) electrons. The first-order chi connectivity index (χ1) is 9.13. The number of H-pyrrole nitrogens is 1. The summed E-state index contributed by atoms with van der Waals surface area (Å²) in [6, 6.07) is 5.58. The zero-order valence-corrected chi connectivity index (χ0v) is 12.3. The lowest BCUT2D eigenvalue weighted by Gasteiger charge is -2.32. The lowest BCUT2D eigenvalue weighted by molar-refractivity contribution is 0.311. The van der Waals surface area contributed by atoms with Crippen LogP contribution in [0.15, 0.2) is 27.5 Å². The number of aromatic nitrogens is 2. The number of likely N-dealkylation sites (N-methyl/N-ethyl adjacent to an activating group) is 1. The Morgan fingerprint density at radius 3 is 2.74 bits per heavy atom. The van der Waals surface area contributed by atoms with Gasteiger partial charge in [-0.3, -0.25) is 9.78 Å². The summed E-state index contributed by atoms with van der Waals surface area (Å²) in [5.74, 6) is 0.674.